The van der Waals surface area contributed by atoms with Gasteiger partial charge in [0.2, 0.25) is 0 Å². The first-order valence-corrected chi connectivity index (χ1v) is 15.1. The van der Waals surface area contributed by atoms with Crippen LogP contribution in [-0.2, 0) is 20.8 Å². The fraction of sp³-hybridized carbons (Fsp3) is 0.355. The molecular formula is C31H34N2O5S2. The maximum Gasteiger partial charge on any atom is 0.323 e. The third kappa shape index (κ3) is 7.20. The number of allylic oxidation sites excluding steroid dienone is 2. The highest BCUT2D eigenvalue weighted by molar-refractivity contribution is 8.22. The van der Waals surface area contributed by atoms with Crippen LogP contribution < -0.4 is 4.90 Å². The summed E-state index contributed by atoms with van der Waals surface area (Å²) in [4.78, 5) is 37.8. The van der Waals surface area contributed by atoms with Gasteiger partial charge in [0.25, 0.3) is 5.91 Å². The first kappa shape index (κ1) is 29.6. The monoisotopic (exact) mass is 578 g/mol. The van der Waals surface area contributed by atoms with E-state index in [9.17, 15) is 14.4 Å². The summed E-state index contributed by atoms with van der Waals surface area (Å²) in [5, 5.41) is 17.9. The Morgan fingerprint density at radius 2 is 1.82 bits per heavy atom. The van der Waals surface area contributed by atoms with Gasteiger partial charge in [-0.25, -0.2) is 0 Å². The fourth-order valence-corrected chi connectivity index (χ4v) is 6.14. The van der Waals surface area contributed by atoms with Crippen LogP contribution in [0.3, 0.4) is 0 Å². The SMILES string of the molecule is CSC(=S)N(CC(=O)O)C(=O)C=CC=Cc1ccc2c(c1)C1CCCC1N2c1ccc(CCCCC(=O)O)cc1. The Hall–Kier alpha value is -3.43. The Morgan fingerprint density at radius 1 is 1.05 bits per heavy atom. The van der Waals surface area contributed by atoms with Crippen molar-refractivity contribution in [3.8, 4) is 0 Å². The number of unbranched alkanes of at least 4 members (excludes halogenated alkanes) is 1. The molecule has 40 heavy (non-hydrogen) atoms. The standard InChI is InChI=1S/C31H34N2O5S2/c1-40-31(39)32(20-30(37)38)28(34)11-4-2-8-22-15-18-27-25(19-22)24-9-6-10-26(24)33(27)23-16-13-21(14-17-23)7-3-5-12-29(35)36/h2,4,8,11,13-19,24,26H,3,5-7,9-10,12,20H2,1H3,(H,35,36)(H,37,38). The van der Waals surface area contributed by atoms with Crippen LogP contribution in [0, 0.1) is 0 Å². The molecule has 9 heteroatoms. The summed E-state index contributed by atoms with van der Waals surface area (Å²) in [5.41, 5.74) is 6.04. The van der Waals surface area contributed by atoms with Gasteiger partial charge in [-0.05, 0) is 79.3 Å². The first-order chi connectivity index (χ1) is 19.3. The molecule has 1 amide bonds. The molecule has 4 rings (SSSR count). The number of nitrogens with zero attached hydrogens (tertiary/aromatic N) is 2. The number of hydrogen-bond acceptors (Lipinski definition) is 6. The zero-order chi connectivity index (χ0) is 28.6. The Balaban J connectivity index is 1.45. The number of thiocarbonyl (C=S) groups is 1. The lowest BCUT2D eigenvalue weighted by Gasteiger charge is -2.27. The molecule has 1 saturated carbocycles. The molecule has 1 heterocycles. The normalized spacial score (nSPS) is 17.8. The third-order valence-corrected chi connectivity index (χ3v) is 8.73. The summed E-state index contributed by atoms with van der Waals surface area (Å²) >= 11 is 6.28. The van der Waals surface area contributed by atoms with Crippen molar-refractivity contribution < 1.29 is 24.6 Å². The van der Waals surface area contributed by atoms with Crippen LogP contribution in [0.25, 0.3) is 6.08 Å². The molecule has 210 valence electrons. The molecule has 0 bridgehead atoms. The lowest BCUT2D eigenvalue weighted by molar-refractivity contribution is -0.140. The summed E-state index contributed by atoms with van der Waals surface area (Å²) < 4.78 is 0.223. The highest BCUT2D eigenvalue weighted by Crippen LogP contribution is 2.52. The maximum absolute atomic E-state index is 12.5. The van der Waals surface area contributed by atoms with Crippen molar-refractivity contribution in [1.82, 2.24) is 4.90 Å². The van der Waals surface area contributed by atoms with E-state index >= 15 is 0 Å². The number of aliphatic carboxylic acids is 2. The van der Waals surface area contributed by atoms with Crippen LogP contribution in [0.2, 0.25) is 0 Å². The average molecular weight is 579 g/mol. The summed E-state index contributed by atoms with van der Waals surface area (Å²) in [6.45, 7) is -0.466. The van der Waals surface area contributed by atoms with E-state index in [4.69, 9.17) is 22.4 Å². The first-order valence-electron chi connectivity index (χ1n) is 13.5. The number of carboxylic acid groups (broad SMARTS) is 2. The summed E-state index contributed by atoms with van der Waals surface area (Å²) in [6, 6.07) is 15.6. The van der Waals surface area contributed by atoms with Gasteiger partial charge in [-0.2, -0.15) is 0 Å². The number of carbonyl (C=O) groups is 3. The van der Waals surface area contributed by atoms with Crippen LogP contribution in [0.4, 0.5) is 11.4 Å². The highest BCUT2D eigenvalue weighted by atomic mass is 32.2. The molecule has 0 spiro atoms. The van der Waals surface area contributed by atoms with Gasteiger partial charge in [0.15, 0.2) is 0 Å². The lowest BCUT2D eigenvalue weighted by atomic mass is 9.96. The molecule has 2 atom stereocenters. The zero-order valence-electron chi connectivity index (χ0n) is 22.5. The van der Waals surface area contributed by atoms with Crippen LogP contribution in [0.5, 0.6) is 0 Å². The fourth-order valence-electron chi connectivity index (χ4n) is 5.62. The van der Waals surface area contributed by atoms with E-state index in [1.807, 2.05) is 6.08 Å². The van der Waals surface area contributed by atoms with Crippen molar-refractivity contribution in [1.29, 1.82) is 0 Å². The smallest absolute Gasteiger partial charge is 0.323 e. The number of carboxylic acids is 2. The van der Waals surface area contributed by atoms with E-state index in [0.717, 1.165) is 47.9 Å². The van der Waals surface area contributed by atoms with E-state index in [2.05, 4.69) is 47.4 Å². The minimum absolute atomic E-state index is 0.218. The van der Waals surface area contributed by atoms with Gasteiger partial charge in [-0.3, -0.25) is 19.3 Å². The van der Waals surface area contributed by atoms with E-state index < -0.39 is 24.4 Å². The molecule has 7 nitrogen and oxygen atoms in total. The Labute approximate surface area is 244 Å². The third-order valence-electron chi connectivity index (χ3n) is 7.44. The molecule has 2 unspecified atom stereocenters. The van der Waals surface area contributed by atoms with Gasteiger partial charge in [-0.15, -0.1) is 0 Å². The minimum Gasteiger partial charge on any atom is -0.481 e. The molecule has 1 fully saturated rings. The van der Waals surface area contributed by atoms with Crippen LogP contribution in [-0.4, -0.2) is 56.1 Å². The molecule has 0 saturated heterocycles. The molecule has 1 aliphatic heterocycles. The number of benzene rings is 2. The average Bonchev–Trinajstić information content (AvgIpc) is 3.53. The van der Waals surface area contributed by atoms with Crippen molar-refractivity contribution in [2.24, 2.45) is 0 Å². The number of thioether (sulfide) groups is 1. The van der Waals surface area contributed by atoms with Crippen molar-refractivity contribution in [2.45, 2.75) is 56.9 Å². The van der Waals surface area contributed by atoms with Gasteiger partial charge < -0.3 is 15.1 Å². The summed E-state index contributed by atoms with van der Waals surface area (Å²) in [5.74, 6) is -1.84. The second-order valence-electron chi connectivity index (χ2n) is 10.1. The molecule has 0 radical (unpaired) electrons. The predicted molar refractivity (Wildman–Crippen MR) is 164 cm³/mol. The van der Waals surface area contributed by atoms with Gasteiger partial charge >= 0.3 is 11.9 Å². The Kier molecular flexibility index (Phi) is 10.2. The largest absolute Gasteiger partial charge is 0.481 e. The van der Waals surface area contributed by atoms with E-state index in [-0.39, 0.29) is 10.7 Å². The van der Waals surface area contributed by atoms with Crippen LogP contribution in [0.15, 0.2) is 60.7 Å². The quantitative estimate of drug-likeness (QED) is 0.137. The number of fused-ring (bicyclic) bond motifs is 3. The van der Waals surface area contributed by atoms with Crippen LogP contribution >= 0.6 is 24.0 Å². The van der Waals surface area contributed by atoms with Crippen LogP contribution in [0.1, 0.15) is 61.1 Å². The summed E-state index contributed by atoms with van der Waals surface area (Å²) in [7, 11) is 0. The number of anilines is 2. The summed E-state index contributed by atoms with van der Waals surface area (Å²) in [6.07, 6.45) is 14.6. The van der Waals surface area contributed by atoms with Gasteiger partial charge in [0.05, 0.1) is 0 Å². The topological polar surface area (TPSA) is 98.2 Å². The molecule has 2 aromatic carbocycles. The Morgan fingerprint density at radius 3 is 2.52 bits per heavy atom. The molecule has 2 aromatic rings. The predicted octanol–water partition coefficient (Wildman–Crippen LogP) is 6.40. The molecule has 1 aliphatic carbocycles. The zero-order valence-corrected chi connectivity index (χ0v) is 24.1. The van der Waals surface area contributed by atoms with Crippen molar-refractivity contribution in [3.05, 3.63) is 77.4 Å². The van der Waals surface area contributed by atoms with Gasteiger partial charge in [0.1, 0.15) is 10.9 Å². The number of carbonyl (C=O) groups excluding carboxylic acids is 1. The molecular weight excluding hydrogens is 544 g/mol. The van der Waals surface area contributed by atoms with Crippen molar-refractivity contribution >= 4 is 63.6 Å². The Bertz CT molecular complexity index is 1320. The maximum atomic E-state index is 12.5. The number of hydrogen-bond donors (Lipinski definition) is 2. The van der Waals surface area contributed by atoms with E-state index in [1.165, 1.54) is 35.0 Å². The van der Waals surface area contributed by atoms with Crippen molar-refractivity contribution in [2.75, 3.05) is 17.7 Å². The lowest BCUT2D eigenvalue weighted by Crippen LogP contribution is -2.37. The second-order valence-corrected chi connectivity index (χ2v) is 11.5. The number of aryl methyl sites for hydroxylation is 1. The highest BCUT2D eigenvalue weighted by Gasteiger charge is 2.42. The second kappa shape index (κ2) is 13.8. The van der Waals surface area contributed by atoms with E-state index in [1.54, 1.807) is 18.4 Å². The number of rotatable bonds is 11. The van der Waals surface area contributed by atoms with Gasteiger partial charge in [0, 0.05) is 35.8 Å². The van der Waals surface area contributed by atoms with Gasteiger partial charge in [-0.1, -0.05) is 66.8 Å². The molecule has 2 N–H and O–H groups in total. The van der Waals surface area contributed by atoms with E-state index in [0.29, 0.717) is 18.4 Å². The number of amides is 1. The van der Waals surface area contributed by atoms with Crippen molar-refractivity contribution in [3.63, 3.8) is 0 Å². The molecule has 0 aromatic heterocycles. The molecule has 2 aliphatic rings. The minimum atomic E-state index is -1.12.